The molecule has 0 aliphatic carbocycles. The smallest absolute Gasteiger partial charge is 0.408 e. The summed E-state index contributed by atoms with van der Waals surface area (Å²) in [4.78, 5) is 23.9. The number of carbonyl (C=O) groups is 2. The van der Waals surface area contributed by atoms with Crippen LogP contribution in [-0.2, 0) is 9.47 Å². The second-order valence-electron chi connectivity index (χ2n) is 6.67. The van der Waals surface area contributed by atoms with Crippen LogP contribution in [0.1, 0.15) is 63.5 Å². The summed E-state index contributed by atoms with van der Waals surface area (Å²) < 4.78 is 10.4. The molecule has 1 unspecified atom stereocenters. The van der Waals surface area contributed by atoms with Crippen molar-refractivity contribution in [3.8, 4) is 0 Å². The Hall–Kier alpha value is -2.24. The minimum atomic E-state index is -0.572. The van der Waals surface area contributed by atoms with E-state index in [4.69, 9.17) is 15.2 Å². The maximum Gasteiger partial charge on any atom is 0.408 e. The number of amides is 1. The average Bonchev–Trinajstić information content (AvgIpc) is 2.35. The van der Waals surface area contributed by atoms with Crippen LogP contribution in [0.2, 0.25) is 0 Å². The van der Waals surface area contributed by atoms with Gasteiger partial charge in [0.2, 0.25) is 0 Å². The molecule has 128 valence electrons. The summed E-state index contributed by atoms with van der Waals surface area (Å²) >= 11 is 0. The molecule has 23 heavy (non-hydrogen) atoms. The van der Waals surface area contributed by atoms with Crippen molar-refractivity contribution in [1.82, 2.24) is 5.32 Å². The van der Waals surface area contributed by atoms with Crippen LogP contribution >= 0.6 is 0 Å². The number of benzene rings is 1. The second-order valence-corrected chi connectivity index (χ2v) is 6.67. The molecule has 0 aliphatic rings. The average molecular weight is 322 g/mol. The van der Waals surface area contributed by atoms with E-state index < -0.39 is 17.7 Å². The SMILES string of the molecule is CC(C)OC(=O)c1cc(C(C)NC(=O)OC(C)(C)C)ccc1N. The normalized spacial score (nSPS) is 12.7. The molecule has 3 N–H and O–H groups in total. The third-order valence-electron chi connectivity index (χ3n) is 2.87. The quantitative estimate of drug-likeness (QED) is 0.655. The predicted molar refractivity (Wildman–Crippen MR) is 89.2 cm³/mol. The number of ether oxygens (including phenoxy) is 2. The zero-order valence-corrected chi connectivity index (χ0v) is 14.6. The number of anilines is 1. The highest BCUT2D eigenvalue weighted by molar-refractivity contribution is 5.95. The molecule has 0 fully saturated rings. The molecule has 0 heterocycles. The Morgan fingerprint density at radius 3 is 2.30 bits per heavy atom. The standard InChI is InChI=1S/C17H26N2O4/c1-10(2)22-15(20)13-9-12(7-8-14(13)18)11(3)19-16(21)23-17(4,5)6/h7-11H,18H2,1-6H3,(H,19,21). The maximum absolute atomic E-state index is 12.0. The first kappa shape index (κ1) is 18.8. The largest absolute Gasteiger partial charge is 0.459 e. The minimum absolute atomic E-state index is 0.233. The molecule has 0 aromatic heterocycles. The van der Waals surface area contributed by atoms with Gasteiger partial charge in [0.25, 0.3) is 0 Å². The van der Waals surface area contributed by atoms with Crippen LogP contribution in [0, 0.1) is 0 Å². The summed E-state index contributed by atoms with van der Waals surface area (Å²) in [6, 6.07) is 4.67. The van der Waals surface area contributed by atoms with Crippen molar-refractivity contribution < 1.29 is 19.1 Å². The van der Waals surface area contributed by atoms with Crippen molar-refractivity contribution in [2.24, 2.45) is 0 Å². The molecule has 0 radical (unpaired) electrons. The highest BCUT2D eigenvalue weighted by atomic mass is 16.6. The lowest BCUT2D eigenvalue weighted by molar-refractivity contribution is 0.0378. The van der Waals surface area contributed by atoms with Gasteiger partial charge in [-0.2, -0.15) is 0 Å². The fourth-order valence-corrected chi connectivity index (χ4v) is 1.87. The summed E-state index contributed by atoms with van der Waals surface area (Å²) in [5.41, 5.74) is 6.63. The van der Waals surface area contributed by atoms with E-state index >= 15 is 0 Å². The molecule has 0 saturated carbocycles. The number of nitrogen functional groups attached to an aromatic ring is 1. The zero-order chi connectivity index (χ0) is 17.8. The van der Waals surface area contributed by atoms with Crippen molar-refractivity contribution in [3.63, 3.8) is 0 Å². The number of hydrogen-bond donors (Lipinski definition) is 2. The van der Waals surface area contributed by atoms with Gasteiger partial charge < -0.3 is 20.5 Å². The highest BCUT2D eigenvalue weighted by Gasteiger charge is 2.20. The van der Waals surface area contributed by atoms with Crippen molar-refractivity contribution >= 4 is 17.7 Å². The number of alkyl carbamates (subject to hydrolysis) is 1. The van der Waals surface area contributed by atoms with E-state index in [1.54, 1.807) is 59.7 Å². The van der Waals surface area contributed by atoms with Crippen molar-refractivity contribution in [2.45, 2.75) is 59.3 Å². The van der Waals surface area contributed by atoms with Gasteiger partial charge in [-0.05, 0) is 59.2 Å². The van der Waals surface area contributed by atoms with Gasteiger partial charge in [-0.15, -0.1) is 0 Å². The van der Waals surface area contributed by atoms with Crippen LogP contribution in [0.4, 0.5) is 10.5 Å². The molecule has 1 atom stereocenters. The summed E-state index contributed by atoms with van der Waals surface area (Å²) in [5, 5.41) is 2.73. The van der Waals surface area contributed by atoms with E-state index in [-0.39, 0.29) is 17.7 Å². The van der Waals surface area contributed by atoms with Gasteiger partial charge in [0.1, 0.15) is 5.60 Å². The third-order valence-corrected chi connectivity index (χ3v) is 2.87. The Bertz CT molecular complexity index is 576. The molecule has 1 aromatic carbocycles. The lowest BCUT2D eigenvalue weighted by Crippen LogP contribution is -2.34. The Labute approximate surface area is 137 Å². The van der Waals surface area contributed by atoms with Crippen LogP contribution in [0.25, 0.3) is 0 Å². The molecule has 1 rings (SSSR count). The molecule has 0 aliphatic heterocycles. The first-order valence-electron chi connectivity index (χ1n) is 7.59. The van der Waals surface area contributed by atoms with Gasteiger partial charge in [-0.3, -0.25) is 0 Å². The molecule has 0 spiro atoms. The van der Waals surface area contributed by atoms with Crippen LogP contribution in [-0.4, -0.2) is 23.8 Å². The van der Waals surface area contributed by atoms with E-state index in [1.807, 2.05) is 0 Å². The summed E-state index contributed by atoms with van der Waals surface area (Å²) in [7, 11) is 0. The first-order valence-corrected chi connectivity index (χ1v) is 7.59. The summed E-state index contributed by atoms with van der Waals surface area (Å²) in [6.45, 7) is 10.7. The number of nitrogens with one attached hydrogen (secondary N) is 1. The van der Waals surface area contributed by atoms with Gasteiger partial charge in [0, 0.05) is 5.69 Å². The van der Waals surface area contributed by atoms with Crippen molar-refractivity contribution in [2.75, 3.05) is 5.73 Å². The summed E-state index contributed by atoms with van der Waals surface area (Å²) in [5.74, 6) is -0.483. The minimum Gasteiger partial charge on any atom is -0.459 e. The lowest BCUT2D eigenvalue weighted by atomic mass is 10.0. The van der Waals surface area contributed by atoms with Crippen LogP contribution < -0.4 is 11.1 Å². The summed E-state index contributed by atoms with van der Waals surface area (Å²) in [6.07, 6.45) is -0.754. The Balaban J connectivity index is 2.88. The zero-order valence-electron chi connectivity index (χ0n) is 14.6. The molecule has 1 amide bonds. The predicted octanol–water partition coefficient (Wildman–Crippen LogP) is 3.42. The van der Waals surface area contributed by atoms with Gasteiger partial charge >= 0.3 is 12.1 Å². The monoisotopic (exact) mass is 322 g/mol. The van der Waals surface area contributed by atoms with E-state index in [2.05, 4.69) is 5.32 Å². The van der Waals surface area contributed by atoms with Crippen LogP contribution in [0.3, 0.4) is 0 Å². The van der Waals surface area contributed by atoms with Gasteiger partial charge in [-0.25, -0.2) is 9.59 Å². The molecule has 0 saturated heterocycles. The second kappa shape index (κ2) is 7.35. The van der Waals surface area contributed by atoms with Crippen molar-refractivity contribution in [1.29, 1.82) is 0 Å². The number of rotatable bonds is 4. The molecule has 0 bridgehead atoms. The number of hydrogen-bond acceptors (Lipinski definition) is 5. The third kappa shape index (κ3) is 6.18. The van der Waals surface area contributed by atoms with Crippen LogP contribution in [0.5, 0.6) is 0 Å². The highest BCUT2D eigenvalue weighted by Crippen LogP contribution is 2.21. The number of esters is 1. The molecule has 6 heteroatoms. The Morgan fingerprint density at radius 2 is 1.78 bits per heavy atom. The number of carbonyl (C=O) groups excluding carboxylic acids is 2. The molecule has 1 aromatic rings. The van der Waals surface area contributed by atoms with Crippen LogP contribution in [0.15, 0.2) is 18.2 Å². The van der Waals surface area contributed by atoms with Crippen molar-refractivity contribution in [3.05, 3.63) is 29.3 Å². The van der Waals surface area contributed by atoms with E-state index in [0.29, 0.717) is 5.69 Å². The van der Waals surface area contributed by atoms with E-state index in [1.165, 1.54) is 0 Å². The Morgan fingerprint density at radius 1 is 1.17 bits per heavy atom. The maximum atomic E-state index is 12.0. The molecule has 6 nitrogen and oxygen atoms in total. The van der Waals surface area contributed by atoms with E-state index in [9.17, 15) is 9.59 Å². The molecular formula is C17H26N2O4. The van der Waals surface area contributed by atoms with Gasteiger partial charge in [0.15, 0.2) is 0 Å². The number of nitrogens with two attached hydrogens (primary N) is 1. The fraction of sp³-hybridized carbons (Fsp3) is 0.529. The fourth-order valence-electron chi connectivity index (χ4n) is 1.87. The topological polar surface area (TPSA) is 90.6 Å². The van der Waals surface area contributed by atoms with E-state index in [0.717, 1.165) is 5.56 Å². The first-order chi connectivity index (χ1) is 10.5. The van der Waals surface area contributed by atoms with Gasteiger partial charge in [-0.1, -0.05) is 6.07 Å². The molecular weight excluding hydrogens is 296 g/mol. The van der Waals surface area contributed by atoms with Gasteiger partial charge in [0.05, 0.1) is 17.7 Å². The lowest BCUT2D eigenvalue weighted by Gasteiger charge is -2.22. The Kier molecular flexibility index (Phi) is 6.01.